The first-order valence-corrected chi connectivity index (χ1v) is 3.68. The molecule has 1 rings (SSSR count). The highest BCUT2D eigenvalue weighted by molar-refractivity contribution is 4.86. The zero-order valence-corrected chi connectivity index (χ0v) is 6.52. The van der Waals surface area contributed by atoms with Crippen LogP contribution in [0, 0.1) is 11.3 Å². The van der Waals surface area contributed by atoms with Crippen LogP contribution in [0.15, 0.2) is 0 Å². The molecule has 0 aromatic heterocycles. The molecule has 54 valence electrons. The Kier molecular flexibility index (Phi) is 1.55. The molecule has 0 aromatic rings. The fraction of sp³-hybridized carbons (Fsp3) is 1.00. The van der Waals surface area contributed by atoms with Crippen LogP contribution >= 0.6 is 0 Å². The van der Waals surface area contributed by atoms with Crippen molar-refractivity contribution in [3.8, 4) is 0 Å². The minimum absolute atomic E-state index is 0.00854. The lowest BCUT2D eigenvalue weighted by molar-refractivity contribution is -0.00927. The molecule has 1 N–H and O–H groups in total. The average molecular weight is 128 g/mol. The zero-order chi connectivity index (χ0) is 7.07. The van der Waals surface area contributed by atoms with Gasteiger partial charge in [-0.2, -0.15) is 0 Å². The van der Waals surface area contributed by atoms with E-state index in [1.165, 1.54) is 0 Å². The van der Waals surface area contributed by atoms with Gasteiger partial charge in [0.25, 0.3) is 0 Å². The van der Waals surface area contributed by atoms with E-state index in [2.05, 4.69) is 20.8 Å². The number of hydrogen-bond donors (Lipinski definition) is 1. The molecule has 1 aliphatic rings. The van der Waals surface area contributed by atoms with Crippen LogP contribution < -0.4 is 0 Å². The first kappa shape index (κ1) is 7.07. The van der Waals surface area contributed by atoms with E-state index in [4.69, 9.17) is 5.11 Å². The Hall–Kier alpha value is -0.0400. The van der Waals surface area contributed by atoms with Crippen molar-refractivity contribution in [1.82, 2.24) is 0 Å². The molecule has 9 heavy (non-hydrogen) atoms. The van der Waals surface area contributed by atoms with Crippen molar-refractivity contribution in [2.45, 2.75) is 39.7 Å². The van der Waals surface area contributed by atoms with Crippen molar-refractivity contribution in [2.24, 2.45) is 11.3 Å². The second-order valence-corrected chi connectivity index (χ2v) is 4.19. The van der Waals surface area contributed by atoms with E-state index in [9.17, 15) is 0 Å². The van der Waals surface area contributed by atoms with Crippen molar-refractivity contribution >= 4 is 0 Å². The summed E-state index contributed by atoms with van der Waals surface area (Å²) < 4.78 is 0. The van der Waals surface area contributed by atoms with Crippen LogP contribution in [-0.4, -0.2) is 11.2 Å². The van der Waals surface area contributed by atoms with Crippen LogP contribution in [0.3, 0.4) is 0 Å². The number of hydrogen-bond acceptors (Lipinski definition) is 1. The molecule has 1 heteroatoms. The van der Waals surface area contributed by atoms with E-state index in [0.29, 0.717) is 5.41 Å². The normalized spacial score (nSPS) is 36.0. The van der Waals surface area contributed by atoms with Crippen molar-refractivity contribution < 1.29 is 5.11 Å². The number of aliphatic hydroxyl groups is 1. The van der Waals surface area contributed by atoms with Crippen LogP contribution in [0.1, 0.15) is 33.6 Å². The summed E-state index contributed by atoms with van der Waals surface area (Å²) in [5.74, 6) is 0.757. The van der Waals surface area contributed by atoms with Crippen LogP contribution in [0.5, 0.6) is 0 Å². The topological polar surface area (TPSA) is 20.2 Å². The second kappa shape index (κ2) is 1.98. The molecule has 1 saturated carbocycles. The summed E-state index contributed by atoms with van der Waals surface area (Å²) >= 11 is 0. The molecule has 0 atom stereocenters. The molecular formula is C8H16O. The van der Waals surface area contributed by atoms with Gasteiger partial charge in [-0.3, -0.25) is 0 Å². The molecule has 0 amide bonds. The van der Waals surface area contributed by atoms with Gasteiger partial charge in [-0.15, -0.1) is 0 Å². The van der Waals surface area contributed by atoms with Crippen molar-refractivity contribution in [1.29, 1.82) is 0 Å². The third-order valence-corrected chi connectivity index (χ3v) is 2.34. The molecule has 0 aliphatic heterocycles. The van der Waals surface area contributed by atoms with E-state index in [-0.39, 0.29) is 6.10 Å². The highest BCUT2D eigenvalue weighted by Crippen LogP contribution is 2.41. The summed E-state index contributed by atoms with van der Waals surface area (Å²) in [6, 6.07) is 0. The molecule has 0 unspecified atom stereocenters. The molecule has 0 spiro atoms. The third kappa shape index (κ3) is 1.45. The Morgan fingerprint density at radius 3 is 1.78 bits per heavy atom. The zero-order valence-electron chi connectivity index (χ0n) is 6.52. The fourth-order valence-electron chi connectivity index (χ4n) is 1.29. The molecule has 1 nitrogen and oxygen atoms in total. The monoisotopic (exact) mass is 128 g/mol. The van der Waals surface area contributed by atoms with Crippen LogP contribution in [0.2, 0.25) is 0 Å². The maximum Gasteiger partial charge on any atom is 0.0546 e. The van der Waals surface area contributed by atoms with Gasteiger partial charge in [0.05, 0.1) is 6.10 Å². The summed E-state index contributed by atoms with van der Waals surface area (Å²) in [5, 5.41) is 8.98. The molecule has 0 heterocycles. The van der Waals surface area contributed by atoms with Gasteiger partial charge in [-0.05, 0) is 24.2 Å². The maximum absolute atomic E-state index is 8.98. The highest BCUT2D eigenvalue weighted by Gasteiger charge is 2.35. The van der Waals surface area contributed by atoms with E-state index in [1.807, 2.05) is 0 Å². The predicted octanol–water partition coefficient (Wildman–Crippen LogP) is 1.80. The summed E-state index contributed by atoms with van der Waals surface area (Å²) in [6.45, 7) is 6.72. The first-order chi connectivity index (χ1) is 4.00. The largest absolute Gasteiger partial charge is 0.393 e. The fourth-order valence-corrected chi connectivity index (χ4v) is 1.29. The average Bonchev–Trinajstić information content (AvgIpc) is 1.55. The van der Waals surface area contributed by atoms with Crippen LogP contribution in [-0.2, 0) is 0 Å². The Morgan fingerprint density at radius 1 is 1.22 bits per heavy atom. The minimum Gasteiger partial charge on any atom is -0.393 e. The standard InChI is InChI=1S/C8H16O/c1-8(2,3)6-4-7(9)5-6/h6-7,9H,4-5H2,1-3H3. The lowest BCUT2D eigenvalue weighted by Gasteiger charge is -2.41. The minimum atomic E-state index is 0.00854. The van der Waals surface area contributed by atoms with E-state index >= 15 is 0 Å². The number of rotatable bonds is 0. The summed E-state index contributed by atoms with van der Waals surface area (Å²) in [4.78, 5) is 0. The molecule has 0 aromatic carbocycles. The van der Waals surface area contributed by atoms with Gasteiger partial charge in [0.15, 0.2) is 0 Å². The van der Waals surface area contributed by atoms with E-state index < -0.39 is 0 Å². The Labute approximate surface area is 57.1 Å². The lowest BCUT2D eigenvalue weighted by Crippen LogP contribution is -2.37. The van der Waals surface area contributed by atoms with E-state index in [1.54, 1.807) is 0 Å². The van der Waals surface area contributed by atoms with Gasteiger partial charge in [-0.1, -0.05) is 20.8 Å². The smallest absolute Gasteiger partial charge is 0.0546 e. The third-order valence-electron chi connectivity index (χ3n) is 2.34. The Balaban J connectivity index is 2.32. The second-order valence-electron chi connectivity index (χ2n) is 4.19. The Morgan fingerprint density at radius 2 is 1.67 bits per heavy atom. The molecule has 0 bridgehead atoms. The van der Waals surface area contributed by atoms with Gasteiger partial charge < -0.3 is 5.11 Å². The van der Waals surface area contributed by atoms with Crippen LogP contribution in [0.4, 0.5) is 0 Å². The first-order valence-electron chi connectivity index (χ1n) is 3.68. The Bertz CT molecular complexity index is 95.6. The van der Waals surface area contributed by atoms with Gasteiger partial charge in [0.1, 0.15) is 0 Å². The summed E-state index contributed by atoms with van der Waals surface area (Å²) in [5.41, 5.74) is 0.416. The lowest BCUT2D eigenvalue weighted by atomic mass is 9.67. The quantitative estimate of drug-likeness (QED) is 0.527. The maximum atomic E-state index is 8.98. The van der Waals surface area contributed by atoms with Crippen molar-refractivity contribution in [2.75, 3.05) is 0 Å². The van der Waals surface area contributed by atoms with Gasteiger partial charge in [0, 0.05) is 0 Å². The number of aliphatic hydroxyl groups excluding tert-OH is 1. The summed E-state index contributed by atoms with van der Waals surface area (Å²) in [6.07, 6.45) is 2.04. The van der Waals surface area contributed by atoms with Gasteiger partial charge in [0.2, 0.25) is 0 Å². The molecule has 1 aliphatic carbocycles. The summed E-state index contributed by atoms with van der Waals surface area (Å²) in [7, 11) is 0. The molecule has 1 fully saturated rings. The molecule has 0 saturated heterocycles. The van der Waals surface area contributed by atoms with Crippen molar-refractivity contribution in [3.63, 3.8) is 0 Å². The molecule has 0 radical (unpaired) electrons. The SMILES string of the molecule is CC(C)(C)C1CC(O)C1. The van der Waals surface area contributed by atoms with Crippen LogP contribution in [0.25, 0.3) is 0 Å². The van der Waals surface area contributed by atoms with E-state index in [0.717, 1.165) is 18.8 Å². The highest BCUT2D eigenvalue weighted by atomic mass is 16.3. The molecular weight excluding hydrogens is 112 g/mol. The van der Waals surface area contributed by atoms with Crippen molar-refractivity contribution in [3.05, 3.63) is 0 Å². The predicted molar refractivity (Wildman–Crippen MR) is 38.2 cm³/mol. The van der Waals surface area contributed by atoms with Gasteiger partial charge >= 0.3 is 0 Å². The van der Waals surface area contributed by atoms with Gasteiger partial charge in [-0.25, -0.2) is 0 Å².